The summed E-state index contributed by atoms with van der Waals surface area (Å²) in [6, 6.07) is 0. The van der Waals surface area contributed by atoms with E-state index in [2.05, 4.69) is 0 Å². The lowest BCUT2D eigenvalue weighted by molar-refractivity contribution is -0.129. The van der Waals surface area contributed by atoms with E-state index in [0.29, 0.717) is 26.2 Å². The van der Waals surface area contributed by atoms with E-state index in [1.165, 1.54) is 0 Å². The molecule has 78 valence electrons. The van der Waals surface area contributed by atoms with E-state index < -0.39 is 9.05 Å². The lowest BCUT2D eigenvalue weighted by Gasteiger charge is -2.25. The van der Waals surface area contributed by atoms with Crippen LogP contribution < -0.4 is 0 Å². The summed E-state index contributed by atoms with van der Waals surface area (Å²) in [4.78, 5) is 0. The first kappa shape index (κ1) is 11.2. The van der Waals surface area contributed by atoms with Crippen LogP contribution in [0.25, 0.3) is 0 Å². The molecule has 0 saturated carbocycles. The largest absolute Gasteiger partial charge is 0.376 e. The fraction of sp³-hybridized carbons (Fsp3) is 1.00. The van der Waals surface area contributed by atoms with Gasteiger partial charge in [0.15, 0.2) is 0 Å². The molecule has 0 radical (unpaired) electrons. The van der Waals surface area contributed by atoms with Gasteiger partial charge in [-0.05, 0) is 12.8 Å². The smallest absolute Gasteiger partial charge is 0.232 e. The maximum Gasteiger partial charge on any atom is 0.232 e. The molecule has 6 heteroatoms. The van der Waals surface area contributed by atoms with Gasteiger partial charge in [0.2, 0.25) is 9.05 Å². The van der Waals surface area contributed by atoms with Crippen molar-refractivity contribution in [1.29, 1.82) is 0 Å². The van der Waals surface area contributed by atoms with Crippen molar-refractivity contribution in [2.24, 2.45) is 0 Å². The summed E-state index contributed by atoms with van der Waals surface area (Å²) >= 11 is 0. The van der Waals surface area contributed by atoms with Crippen molar-refractivity contribution in [3.63, 3.8) is 0 Å². The van der Waals surface area contributed by atoms with Gasteiger partial charge in [0.05, 0.1) is 19.0 Å². The number of unbranched alkanes of at least 4 members (excludes halogenated alkanes) is 1. The summed E-state index contributed by atoms with van der Waals surface area (Å²) in [5, 5.41) is 0. The second-order valence-corrected chi connectivity index (χ2v) is 5.88. The van der Waals surface area contributed by atoms with Crippen LogP contribution >= 0.6 is 10.7 Å². The average Bonchev–Trinajstić information content (AvgIpc) is 1.90. The molecule has 1 rings (SSSR count). The van der Waals surface area contributed by atoms with E-state index in [1.807, 2.05) is 0 Å². The minimum atomic E-state index is -3.32. The lowest BCUT2D eigenvalue weighted by atomic mass is 10.3. The molecule has 1 aliphatic rings. The number of rotatable bonds is 6. The van der Waals surface area contributed by atoms with Crippen molar-refractivity contribution >= 4 is 19.7 Å². The van der Waals surface area contributed by atoms with Crippen molar-refractivity contribution in [3.8, 4) is 0 Å². The minimum Gasteiger partial charge on any atom is -0.376 e. The Hall–Kier alpha value is 0.160. The molecule has 0 N–H and O–H groups in total. The average molecular weight is 229 g/mol. The third-order valence-electron chi connectivity index (χ3n) is 1.74. The zero-order valence-corrected chi connectivity index (χ0v) is 8.81. The Morgan fingerprint density at radius 2 is 2.08 bits per heavy atom. The van der Waals surface area contributed by atoms with Crippen molar-refractivity contribution in [3.05, 3.63) is 0 Å². The summed E-state index contributed by atoms with van der Waals surface area (Å²) in [6.45, 7) is 1.90. The van der Waals surface area contributed by atoms with E-state index in [4.69, 9.17) is 20.2 Å². The highest BCUT2D eigenvalue weighted by Gasteiger charge is 2.18. The molecular weight excluding hydrogens is 216 g/mol. The quantitative estimate of drug-likeness (QED) is 0.497. The SMILES string of the molecule is O=S(=O)(Cl)CCCCOC1COC1. The van der Waals surface area contributed by atoms with Gasteiger partial charge in [-0.2, -0.15) is 0 Å². The van der Waals surface area contributed by atoms with Gasteiger partial charge in [0.25, 0.3) is 0 Å². The Morgan fingerprint density at radius 1 is 1.38 bits per heavy atom. The second-order valence-electron chi connectivity index (χ2n) is 2.98. The van der Waals surface area contributed by atoms with Crippen LogP contribution in [0.3, 0.4) is 0 Å². The predicted molar refractivity (Wildman–Crippen MR) is 49.4 cm³/mol. The van der Waals surface area contributed by atoms with E-state index >= 15 is 0 Å². The molecule has 0 aromatic heterocycles. The molecule has 0 unspecified atom stereocenters. The van der Waals surface area contributed by atoms with Gasteiger partial charge in [-0.1, -0.05) is 0 Å². The fourth-order valence-corrected chi connectivity index (χ4v) is 1.81. The summed E-state index contributed by atoms with van der Waals surface area (Å²) in [7, 11) is 1.70. The zero-order valence-electron chi connectivity index (χ0n) is 7.24. The molecule has 0 atom stereocenters. The highest BCUT2D eigenvalue weighted by atomic mass is 35.7. The molecule has 4 nitrogen and oxygen atoms in total. The second kappa shape index (κ2) is 5.14. The van der Waals surface area contributed by atoms with Gasteiger partial charge < -0.3 is 9.47 Å². The standard InChI is InChI=1S/C7H13ClO4S/c8-13(9,10)4-2-1-3-12-7-5-11-6-7/h7H,1-6H2. The molecule has 0 aliphatic carbocycles. The predicted octanol–water partition coefficient (Wildman–Crippen LogP) is 0.751. The molecule has 0 bridgehead atoms. The molecule has 0 aromatic rings. The number of ether oxygens (including phenoxy) is 2. The molecule has 1 saturated heterocycles. The van der Waals surface area contributed by atoms with Crippen LogP contribution in [0.1, 0.15) is 12.8 Å². The first-order valence-electron chi connectivity index (χ1n) is 4.19. The maximum absolute atomic E-state index is 10.5. The van der Waals surface area contributed by atoms with Crippen LogP contribution in [0.15, 0.2) is 0 Å². The van der Waals surface area contributed by atoms with E-state index in [0.717, 1.165) is 6.42 Å². The molecule has 0 amide bonds. The molecule has 1 fully saturated rings. The fourth-order valence-electron chi connectivity index (χ4n) is 0.937. The zero-order chi connectivity index (χ0) is 9.73. The molecule has 13 heavy (non-hydrogen) atoms. The lowest BCUT2D eigenvalue weighted by Crippen LogP contribution is -2.36. The van der Waals surface area contributed by atoms with Gasteiger partial charge in [-0.3, -0.25) is 0 Å². The molecular formula is C7H13ClO4S. The highest BCUT2D eigenvalue weighted by molar-refractivity contribution is 8.13. The van der Waals surface area contributed by atoms with Crippen molar-refractivity contribution < 1.29 is 17.9 Å². The van der Waals surface area contributed by atoms with Crippen LogP contribution in [0.2, 0.25) is 0 Å². The third kappa shape index (κ3) is 5.46. The van der Waals surface area contributed by atoms with Crippen LogP contribution in [-0.4, -0.2) is 40.1 Å². The Bertz CT molecular complexity index is 235. The third-order valence-corrected chi connectivity index (χ3v) is 2.98. The van der Waals surface area contributed by atoms with Gasteiger partial charge >= 0.3 is 0 Å². The molecule has 0 aromatic carbocycles. The first-order chi connectivity index (χ1) is 6.08. The van der Waals surface area contributed by atoms with Crippen molar-refractivity contribution in [1.82, 2.24) is 0 Å². The summed E-state index contributed by atoms with van der Waals surface area (Å²) in [5.74, 6) is 0.0269. The van der Waals surface area contributed by atoms with E-state index in [-0.39, 0.29) is 11.9 Å². The molecule has 0 spiro atoms. The van der Waals surface area contributed by atoms with Gasteiger partial charge in [0, 0.05) is 17.3 Å². The van der Waals surface area contributed by atoms with Crippen molar-refractivity contribution in [2.75, 3.05) is 25.6 Å². The Balaban J connectivity index is 1.89. The highest BCUT2D eigenvalue weighted by Crippen LogP contribution is 2.07. The van der Waals surface area contributed by atoms with Gasteiger partial charge in [-0.25, -0.2) is 8.42 Å². The van der Waals surface area contributed by atoms with Crippen LogP contribution in [-0.2, 0) is 18.5 Å². The van der Waals surface area contributed by atoms with E-state index in [9.17, 15) is 8.42 Å². The Kier molecular flexibility index (Phi) is 4.45. The van der Waals surface area contributed by atoms with Crippen molar-refractivity contribution in [2.45, 2.75) is 18.9 Å². The molecule has 1 heterocycles. The van der Waals surface area contributed by atoms with Gasteiger partial charge in [-0.15, -0.1) is 0 Å². The van der Waals surface area contributed by atoms with Crippen LogP contribution in [0, 0.1) is 0 Å². The summed E-state index contributed by atoms with van der Waals surface area (Å²) in [5.41, 5.74) is 0. The van der Waals surface area contributed by atoms with E-state index in [1.54, 1.807) is 0 Å². The Morgan fingerprint density at radius 3 is 2.54 bits per heavy atom. The van der Waals surface area contributed by atoms with Crippen LogP contribution in [0.5, 0.6) is 0 Å². The normalized spacial score (nSPS) is 18.5. The first-order valence-corrected chi connectivity index (χ1v) is 6.67. The topological polar surface area (TPSA) is 52.6 Å². The maximum atomic E-state index is 10.5. The van der Waals surface area contributed by atoms with Crippen LogP contribution in [0.4, 0.5) is 0 Å². The number of halogens is 1. The van der Waals surface area contributed by atoms with Gasteiger partial charge in [0.1, 0.15) is 6.10 Å². The minimum absolute atomic E-state index is 0.0269. The monoisotopic (exact) mass is 228 g/mol. The number of hydrogen-bond donors (Lipinski definition) is 0. The molecule has 1 aliphatic heterocycles. The summed E-state index contributed by atoms with van der Waals surface area (Å²) in [6.07, 6.45) is 1.50. The Labute approximate surface area is 82.6 Å². The summed E-state index contributed by atoms with van der Waals surface area (Å²) < 4.78 is 31.2. The number of hydrogen-bond acceptors (Lipinski definition) is 4.